The molecule has 0 aliphatic heterocycles. The molecule has 84 valence electrons. The lowest BCUT2D eigenvalue weighted by molar-refractivity contribution is 0.300. The predicted molar refractivity (Wildman–Crippen MR) is 61.4 cm³/mol. The summed E-state index contributed by atoms with van der Waals surface area (Å²) in [5, 5.41) is 4.36. The zero-order chi connectivity index (χ0) is 10.8. The molecule has 0 aromatic carbocycles. The van der Waals surface area contributed by atoms with Crippen LogP contribution in [-0.4, -0.2) is 9.78 Å². The molecule has 1 aromatic heterocycles. The molecule has 1 atom stereocenters. The summed E-state index contributed by atoms with van der Waals surface area (Å²) >= 11 is 0. The van der Waals surface area contributed by atoms with Crippen molar-refractivity contribution < 1.29 is 0 Å². The summed E-state index contributed by atoms with van der Waals surface area (Å²) in [6.45, 7) is 2.02. The third kappa shape index (κ3) is 2.23. The van der Waals surface area contributed by atoms with Crippen molar-refractivity contribution >= 4 is 0 Å². The molecule has 0 saturated heterocycles. The zero-order valence-corrected chi connectivity index (χ0v) is 9.74. The lowest BCUT2D eigenvalue weighted by atomic mass is 9.83. The number of nitrogens with two attached hydrogens (primary N) is 1. The molecule has 2 rings (SSSR count). The Labute approximate surface area is 91.7 Å². The standard InChI is InChI=1S/C12H21N3/c1-9-8-11(15(2)14-9)12(13)10-6-4-3-5-7-10/h8,10,12H,3-7,13H2,1-2H3. The highest BCUT2D eigenvalue weighted by atomic mass is 15.3. The average Bonchev–Trinajstić information content (AvgIpc) is 2.58. The molecule has 3 nitrogen and oxygen atoms in total. The highest BCUT2D eigenvalue weighted by Crippen LogP contribution is 2.32. The van der Waals surface area contributed by atoms with E-state index in [-0.39, 0.29) is 6.04 Å². The van der Waals surface area contributed by atoms with Gasteiger partial charge in [0.1, 0.15) is 0 Å². The third-order valence-electron chi connectivity index (χ3n) is 3.54. The molecule has 1 unspecified atom stereocenters. The van der Waals surface area contributed by atoms with Gasteiger partial charge in [-0.2, -0.15) is 5.10 Å². The Morgan fingerprint density at radius 1 is 1.40 bits per heavy atom. The third-order valence-corrected chi connectivity index (χ3v) is 3.54. The van der Waals surface area contributed by atoms with Gasteiger partial charge in [0.25, 0.3) is 0 Å². The van der Waals surface area contributed by atoms with Crippen LogP contribution in [0.3, 0.4) is 0 Å². The van der Waals surface area contributed by atoms with Crippen molar-refractivity contribution in [2.75, 3.05) is 0 Å². The van der Waals surface area contributed by atoms with E-state index < -0.39 is 0 Å². The summed E-state index contributed by atoms with van der Waals surface area (Å²) in [5.74, 6) is 0.661. The second kappa shape index (κ2) is 4.35. The van der Waals surface area contributed by atoms with Gasteiger partial charge >= 0.3 is 0 Å². The molecule has 0 amide bonds. The fourth-order valence-electron chi connectivity index (χ4n) is 2.68. The monoisotopic (exact) mass is 207 g/mol. The molecule has 1 aliphatic carbocycles. The Balaban J connectivity index is 2.12. The molecule has 1 aliphatic rings. The summed E-state index contributed by atoms with van der Waals surface area (Å²) in [6, 6.07) is 2.30. The number of hydrogen-bond acceptors (Lipinski definition) is 2. The number of aromatic nitrogens is 2. The van der Waals surface area contributed by atoms with E-state index >= 15 is 0 Å². The van der Waals surface area contributed by atoms with Crippen LogP contribution in [0.1, 0.15) is 49.5 Å². The number of aryl methyl sites for hydroxylation is 2. The average molecular weight is 207 g/mol. The zero-order valence-electron chi connectivity index (χ0n) is 9.74. The van der Waals surface area contributed by atoms with E-state index in [4.69, 9.17) is 5.73 Å². The second-order valence-electron chi connectivity index (χ2n) is 4.76. The van der Waals surface area contributed by atoms with Crippen molar-refractivity contribution in [2.45, 2.75) is 45.1 Å². The summed E-state index contributed by atoms with van der Waals surface area (Å²) < 4.78 is 1.94. The van der Waals surface area contributed by atoms with Crippen LogP contribution < -0.4 is 5.73 Å². The van der Waals surface area contributed by atoms with Crippen LogP contribution in [0.15, 0.2) is 6.07 Å². The van der Waals surface area contributed by atoms with Crippen LogP contribution in [0.2, 0.25) is 0 Å². The Bertz CT molecular complexity index is 324. The molecule has 1 heterocycles. The van der Waals surface area contributed by atoms with Gasteiger partial charge in [-0.25, -0.2) is 0 Å². The van der Waals surface area contributed by atoms with Crippen LogP contribution >= 0.6 is 0 Å². The molecule has 1 saturated carbocycles. The first-order valence-electron chi connectivity index (χ1n) is 5.94. The Hall–Kier alpha value is -0.830. The smallest absolute Gasteiger partial charge is 0.0597 e. The quantitative estimate of drug-likeness (QED) is 0.808. The summed E-state index contributed by atoms with van der Waals surface area (Å²) in [5.41, 5.74) is 8.59. The van der Waals surface area contributed by atoms with Crippen LogP contribution in [0.4, 0.5) is 0 Å². The Kier molecular flexibility index (Phi) is 3.10. The van der Waals surface area contributed by atoms with Crippen LogP contribution in [0, 0.1) is 12.8 Å². The van der Waals surface area contributed by atoms with Crippen molar-refractivity contribution in [3.63, 3.8) is 0 Å². The van der Waals surface area contributed by atoms with E-state index in [1.54, 1.807) is 0 Å². The molecule has 15 heavy (non-hydrogen) atoms. The first-order valence-corrected chi connectivity index (χ1v) is 5.94. The number of rotatable bonds is 2. The molecule has 0 radical (unpaired) electrons. The lowest BCUT2D eigenvalue weighted by Gasteiger charge is -2.27. The van der Waals surface area contributed by atoms with E-state index in [9.17, 15) is 0 Å². The molecule has 1 fully saturated rings. The first-order chi connectivity index (χ1) is 7.18. The Morgan fingerprint density at radius 2 is 2.07 bits per heavy atom. The maximum Gasteiger partial charge on any atom is 0.0597 e. The minimum Gasteiger partial charge on any atom is -0.322 e. The normalized spacial score (nSPS) is 20.5. The first kappa shape index (κ1) is 10.7. The number of nitrogens with zero attached hydrogens (tertiary/aromatic N) is 2. The molecule has 0 bridgehead atoms. The predicted octanol–water partition coefficient (Wildman–Crippen LogP) is 2.31. The fourth-order valence-corrected chi connectivity index (χ4v) is 2.68. The topological polar surface area (TPSA) is 43.8 Å². The fraction of sp³-hybridized carbons (Fsp3) is 0.750. The van der Waals surface area contributed by atoms with Crippen molar-refractivity contribution in [3.05, 3.63) is 17.5 Å². The summed E-state index contributed by atoms with van der Waals surface area (Å²) in [4.78, 5) is 0. The van der Waals surface area contributed by atoms with Crippen molar-refractivity contribution in [3.8, 4) is 0 Å². The minimum absolute atomic E-state index is 0.177. The van der Waals surface area contributed by atoms with Crippen molar-refractivity contribution in [2.24, 2.45) is 18.7 Å². The van der Waals surface area contributed by atoms with Gasteiger partial charge in [-0.05, 0) is 31.7 Å². The van der Waals surface area contributed by atoms with Crippen molar-refractivity contribution in [1.82, 2.24) is 9.78 Å². The molecule has 1 aromatic rings. The van der Waals surface area contributed by atoms with E-state index in [1.165, 1.54) is 37.8 Å². The van der Waals surface area contributed by atoms with Gasteiger partial charge in [0.15, 0.2) is 0 Å². The molecule has 0 spiro atoms. The second-order valence-corrected chi connectivity index (χ2v) is 4.76. The van der Waals surface area contributed by atoms with Gasteiger partial charge in [0.2, 0.25) is 0 Å². The molecular weight excluding hydrogens is 186 g/mol. The maximum atomic E-state index is 6.32. The van der Waals surface area contributed by atoms with E-state index in [2.05, 4.69) is 11.2 Å². The van der Waals surface area contributed by atoms with Crippen LogP contribution in [0.25, 0.3) is 0 Å². The van der Waals surface area contributed by atoms with Crippen LogP contribution in [0.5, 0.6) is 0 Å². The van der Waals surface area contributed by atoms with Gasteiger partial charge in [-0.1, -0.05) is 19.3 Å². The number of hydrogen-bond donors (Lipinski definition) is 1. The van der Waals surface area contributed by atoms with Crippen molar-refractivity contribution in [1.29, 1.82) is 0 Å². The Morgan fingerprint density at radius 3 is 2.60 bits per heavy atom. The van der Waals surface area contributed by atoms with Gasteiger partial charge in [-0.15, -0.1) is 0 Å². The van der Waals surface area contributed by atoms with Gasteiger partial charge in [0.05, 0.1) is 11.4 Å². The lowest BCUT2D eigenvalue weighted by Crippen LogP contribution is -2.25. The summed E-state index contributed by atoms with van der Waals surface area (Å²) in [6.07, 6.45) is 6.63. The summed E-state index contributed by atoms with van der Waals surface area (Å²) in [7, 11) is 1.99. The maximum absolute atomic E-state index is 6.32. The highest BCUT2D eigenvalue weighted by Gasteiger charge is 2.24. The van der Waals surface area contributed by atoms with Gasteiger partial charge in [0, 0.05) is 13.1 Å². The largest absolute Gasteiger partial charge is 0.322 e. The van der Waals surface area contributed by atoms with Crippen LogP contribution in [-0.2, 0) is 7.05 Å². The van der Waals surface area contributed by atoms with E-state index in [0.717, 1.165) is 5.69 Å². The highest BCUT2D eigenvalue weighted by molar-refractivity contribution is 5.13. The minimum atomic E-state index is 0.177. The van der Waals surface area contributed by atoms with E-state index in [1.807, 2.05) is 18.7 Å². The van der Waals surface area contributed by atoms with Gasteiger partial charge in [-0.3, -0.25) is 4.68 Å². The van der Waals surface area contributed by atoms with Gasteiger partial charge < -0.3 is 5.73 Å². The van der Waals surface area contributed by atoms with E-state index in [0.29, 0.717) is 5.92 Å². The SMILES string of the molecule is Cc1cc(C(N)C2CCCCC2)n(C)n1. The molecular formula is C12H21N3. The molecule has 3 heteroatoms. The molecule has 2 N–H and O–H groups in total.